The first kappa shape index (κ1) is 13.6. The summed E-state index contributed by atoms with van der Waals surface area (Å²) < 4.78 is 11.7. The summed E-state index contributed by atoms with van der Waals surface area (Å²) >= 11 is 0. The molecule has 0 spiro atoms. The van der Waals surface area contributed by atoms with Crippen molar-refractivity contribution in [2.24, 2.45) is 0 Å². The molecule has 0 amide bonds. The lowest BCUT2D eigenvalue weighted by atomic mass is 10.2. The van der Waals surface area contributed by atoms with Crippen LogP contribution in [0.25, 0.3) is 0 Å². The molecule has 0 aliphatic heterocycles. The van der Waals surface area contributed by atoms with Crippen LogP contribution in [0.5, 0.6) is 0 Å². The van der Waals surface area contributed by atoms with Gasteiger partial charge in [-0.3, -0.25) is 0 Å². The van der Waals surface area contributed by atoms with E-state index in [4.69, 9.17) is 9.05 Å². The van der Waals surface area contributed by atoms with Gasteiger partial charge in [-0.1, -0.05) is 17.7 Å². The molecule has 2 nitrogen and oxygen atoms in total. The molecule has 0 aromatic heterocycles. The minimum atomic E-state index is -0.947. The summed E-state index contributed by atoms with van der Waals surface area (Å²) in [5, 5.41) is 1.14. The molecule has 0 saturated carbocycles. The third-order valence-electron chi connectivity index (χ3n) is 1.86. The van der Waals surface area contributed by atoms with Crippen LogP contribution in [0.2, 0.25) is 0 Å². The highest BCUT2D eigenvalue weighted by atomic mass is 31.2. The highest BCUT2D eigenvalue weighted by molar-refractivity contribution is 7.56. The number of benzene rings is 1. The van der Waals surface area contributed by atoms with Crippen LogP contribution in [0.3, 0.4) is 0 Å². The van der Waals surface area contributed by atoms with Crippen LogP contribution < -0.4 is 5.30 Å². The fourth-order valence-corrected chi connectivity index (χ4v) is 2.65. The zero-order valence-electron chi connectivity index (χ0n) is 10.7. The SMILES string of the molecule is Cc1ccc(P(OC(C)C)OC(C)C)cc1. The van der Waals surface area contributed by atoms with E-state index in [0.29, 0.717) is 0 Å². The molecule has 90 valence electrons. The first-order valence-electron chi connectivity index (χ1n) is 5.69. The molecule has 0 atom stereocenters. The van der Waals surface area contributed by atoms with E-state index in [1.165, 1.54) is 5.56 Å². The predicted octanol–water partition coefficient (Wildman–Crippen LogP) is 3.78. The van der Waals surface area contributed by atoms with Crippen molar-refractivity contribution in [2.45, 2.75) is 46.8 Å². The third kappa shape index (κ3) is 4.61. The Morgan fingerprint density at radius 3 is 1.69 bits per heavy atom. The molecule has 0 bridgehead atoms. The molecule has 1 aromatic carbocycles. The first-order chi connectivity index (χ1) is 7.49. The van der Waals surface area contributed by atoms with Gasteiger partial charge in [0, 0.05) is 5.30 Å². The smallest absolute Gasteiger partial charge is 0.205 e. The largest absolute Gasteiger partial charge is 0.328 e. The van der Waals surface area contributed by atoms with E-state index < -0.39 is 8.38 Å². The summed E-state index contributed by atoms with van der Waals surface area (Å²) in [6.07, 6.45) is 0.373. The monoisotopic (exact) mass is 240 g/mol. The van der Waals surface area contributed by atoms with Gasteiger partial charge in [0.25, 0.3) is 0 Å². The predicted molar refractivity (Wildman–Crippen MR) is 70.2 cm³/mol. The molecule has 0 saturated heterocycles. The van der Waals surface area contributed by atoms with Crippen LogP contribution >= 0.6 is 8.38 Å². The van der Waals surface area contributed by atoms with Crippen molar-refractivity contribution in [1.82, 2.24) is 0 Å². The van der Waals surface area contributed by atoms with Crippen molar-refractivity contribution >= 4 is 13.7 Å². The number of rotatable bonds is 5. The van der Waals surface area contributed by atoms with E-state index >= 15 is 0 Å². The highest BCUT2D eigenvalue weighted by Crippen LogP contribution is 2.39. The molecule has 3 heteroatoms. The maximum Gasteiger partial charge on any atom is 0.205 e. The topological polar surface area (TPSA) is 18.5 Å². The van der Waals surface area contributed by atoms with Gasteiger partial charge in [0.2, 0.25) is 8.38 Å². The molecule has 16 heavy (non-hydrogen) atoms. The molecule has 0 heterocycles. The van der Waals surface area contributed by atoms with Crippen molar-refractivity contribution in [1.29, 1.82) is 0 Å². The average molecular weight is 240 g/mol. The van der Waals surface area contributed by atoms with Crippen LogP contribution in [0.4, 0.5) is 0 Å². The zero-order chi connectivity index (χ0) is 12.1. The lowest BCUT2D eigenvalue weighted by molar-refractivity contribution is 0.183. The van der Waals surface area contributed by atoms with Crippen molar-refractivity contribution in [2.75, 3.05) is 0 Å². The minimum absolute atomic E-state index is 0.186. The fraction of sp³-hybridized carbons (Fsp3) is 0.538. The molecule has 0 fully saturated rings. The molecule has 0 N–H and O–H groups in total. The maximum atomic E-state index is 5.83. The Kier molecular flexibility index (Phi) is 5.40. The van der Waals surface area contributed by atoms with Gasteiger partial charge in [0.05, 0.1) is 12.2 Å². The van der Waals surface area contributed by atoms with Crippen molar-refractivity contribution in [3.05, 3.63) is 29.8 Å². The van der Waals surface area contributed by atoms with Crippen LogP contribution in [0, 0.1) is 6.92 Å². The van der Waals surface area contributed by atoms with Gasteiger partial charge < -0.3 is 9.05 Å². The summed E-state index contributed by atoms with van der Waals surface area (Å²) in [6.45, 7) is 10.2. The number of hydrogen-bond donors (Lipinski definition) is 0. The van der Waals surface area contributed by atoms with E-state index in [1.807, 2.05) is 27.7 Å². The Morgan fingerprint density at radius 1 is 0.875 bits per heavy atom. The second kappa shape index (κ2) is 6.34. The Bertz CT molecular complexity index is 296. The van der Waals surface area contributed by atoms with Crippen LogP contribution in [0.15, 0.2) is 24.3 Å². The Hall–Kier alpha value is -0.430. The fourth-order valence-electron chi connectivity index (χ4n) is 1.20. The molecule has 1 rings (SSSR count). The second-order valence-electron chi connectivity index (χ2n) is 4.40. The third-order valence-corrected chi connectivity index (χ3v) is 3.80. The van der Waals surface area contributed by atoms with Gasteiger partial charge in [0.15, 0.2) is 0 Å². The van der Waals surface area contributed by atoms with Crippen molar-refractivity contribution in [3.8, 4) is 0 Å². The van der Waals surface area contributed by atoms with Gasteiger partial charge in [0.1, 0.15) is 0 Å². The summed E-state index contributed by atoms with van der Waals surface area (Å²) in [5.41, 5.74) is 1.26. The minimum Gasteiger partial charge on any atom is -0.328 e. The normalized spacial score (nSPS) is 11.8. The van der Waals surface area contributed by atoms with E-state index in [1.54, 1.807) is 0 Å². The molecular weight excluding hydrogens is 219 g/mol. The lowest BCUT2D eigenvalue weighted by Gasteiger charge is -2.22. The van der Waals surface area contributed by atoms with E-state index in [-0.39, 0.29) is 12.2 Å². The number of aryl methyl sites for hydroxylation is 1. The zero-order valence-corrected chi connectivity index (χ0v) is 11.6. The van der Waals surface area contributed by atoms with Crippen molar-refractivity contribution < 1.29 is 9.05 Å². The summed E-state index contributed by atoms with van der Waals surface area (Å²) in [4.78, 5) is 0. The molecule has 0 aliphatic rings. The molecule has 0 radical (unpaired) electrons. The second-order valence-corrected chi connectivity index (χ2v) is 5.85. The molecular formula is C13H21O2P. The summed E-state index contributed by atoms with van der Waals surface area (Å²) in [7, 11) is -0.947. The van der Waals surface area contributed by atoms with Crippen molar-refractivity contribution in [3.63, 3.8) is 0 Å². The molecule has 0 aliphatic carbocycles. The van der Waals surface area contributed by atoms with Gasteiger partial charge in [-0.05, 0) is 46.8 Å². The Balaban J connectivity index is 2.78. The highest BCUT2D eigenvalue weighted by Gasteiger charge is 2.16. The van der Waals surface area contributed by atoms with Gasteiger partial charge in [-0.25, -0.2) is 0 Å². The average Bonchev–Trinajstić information content (AvgIpc) is 2.16. The number of hydrogen-bond acceptors (Lipinski definition) is 2. The summed E-state index contributed by atoms with van der Waals surface area (Å²) in [6, 6.07) is 8.37. The molecule has 0 unspecified atom stereocenters. The van der Waals surface area contributed by atoms with Crippen LogP contribution in [0.1, 0.15) is 33.3 Å². The van der Waals surface area contributed by atoms with E-state index in [2.05, 4.69) is 31.2 Å². The quantitative estimate of drug-likeness (QED) is 0.729. The van der Waals surface area contributed by atoms with Gasteiger partial charge >= 0.3 is 0 Å². The molecule has 1 aromatic rings. The maximum absolute atomic E-state index is 5.83. The Morgan fingerprint density at radius 2 is 1.31 bits per heavy atom. The first-order valence-corrected chi connectivity index (χ1v) is 6.87. The Labute approximate surface area is 99.9 Å². The summed E-state index contributed by atoms with van der Waals surface area (Å²) in [5.74, 6) is 0. The van der Waals surface area contributed by atoms with E-state index in [9.17, 15) is 0 Å². The van der Waals surface area contributed by atoms with E-state index in [0.717, 1.165) is 5.30 Å². The van der Waals surface area contributed by atoms with Crippen LogP contribution in [-0.2, 0) is 9.05 Å². The standard InChI is InChI=1S/C13H21O2P/c1-10(2)14-16(15-11(3)4)13-8-6-12(5)7-9-13/h6-11H,1-5H3. The van der Waals surface area contributed by atoms with Crippen LogP contribution in [-0.4, -0.2) is 12.2 Å². The van der Waals surface area contributed by atoms with Gasteiger partial charge in [-0.2, -0.15) is 0 Å². The lowest BCUT2D eigenvalue weighted by Crippen LogP contribution is -2.12. The van der Waals surface area contributed by atoms with Gasteiger partial charge in [-0.15, -0.1) is 0 Å².